The molecule has 0 fully saturated rings. The summed E-state index contributed by atoms with van der Waals surface area (Å²) in [5.74, 6) is 0.808. The molecule has 2 rings (SSSR count). The number of benzene rings is 1. The molecule has 0 aliphatic rings. The van der Waals surface area contributed by atoms with Gasteiger partial charge in [0.15, 0.2) is 5.96 Å². The summed E-state index contributed by atoms with van der Waals surface area (Å²) in [4.78, 5) is 23.5. The van der Waals surface area contributed by atoms with Gasteiger partial charge in [-0.15, -0.1) is 35.3 Å². The van der Waals surface area contributed by atoms with Crippen molar-refractivity contribution in [1.29, 1.82) is 0 Å². The van der Waals surface area contributed by atoms with Crippen molar-refractivity contribution in [1.82, 2.24) is 20.5 Å². The van der Waals surface area contributed by atoms with Gasteiger partial charge >= 0.3 is 0 Å². The number of rotatable bonds is 8. The quantitative estimate of drug-likeness (QED) is 0.306. The first kappa shape index (κ1) is 25.4. The van der Waals surface area contributed by atoms with Gasteiger partial charge in [0.2, 0.25) is 0 Å². The summed E-state index contributed by atoms with van der Waals surface area (Å²) in [7, 11) is 2.01. The Balaban J connectivity index is 0.00000420. The maximum Gasteiger partial charge on any atom is 0.251 e. The lowest BCUT2D eigenvalue weighted by Crippen LogP contribution is -2.38. The van der Waals surface area contributed by atoms with Crippen LogP contribution in [0.2, 0.25) is 0 Å². The maximum absolute atomic E-state index is 12.2. The molecule has 1 amide bonds. The van der Waals surface area contributed by atoms with Gasteiger partial charge in [-0.2, -0.15) is 0 Å². The third-order valence-electron chi connectivity index (χ3n) is 4.38. The van der Waals surface area contributed by atoms with E-state index in [0.717, 1.165) is 35.2 Å². The Bertz CT molecular complexity index is 791. The molecule has 1 aromatic heterocycles. The molecule has 1 aromatic carbocycles. The molecule has 2 aromatic rings. The van der Waals surface area contributed by atoms with Crippen molar-refractivity contribution in [3.05, 3.63) is 51.5 Å². The van der Waals surface area contributed by atoms with Gasteiger partial charge in [-0.1, -0.05) is 19.1 Å². The average molecular weight is 529 g/mol. The third-order valence-corrected chi connectivity index (χ3v) is 5.20. The fourth-order valence-electron chi connectivity index (χ4n) is 2.61. The minimum Gasteiger partial charge on any atom is -0.357 e. The molecule has 0 radical (unpaired) electrons. The first-order valence-electron chi connectivity index (χ1n) is 9.73. The highest BCUT2D eigenvalue weighted by atomic mass is 127. The van der Waals surface area contributed by atoms with E-state index in [2.05, 4.69) is 39.7 Å². The van der Waals surface area contributed by atoms with Crippen LogP contribution >= 0.6 is 35.3 Å². The summed E-state index contributed by atoms with van der Waals surface area (Å²) in [6, 6.07) is 7.82. The summed E-state index contributed by atoms with van der Waals surface area (Å²) >= 11 is 1.66. The second-order valence-electron chi connectivity index (χ2n) is 6.86. The average Bonchev–Trinajstić information content (AvgIpc) is 3.09. The van der Waals surface area contributed by atoms with Crippen molar-refractivity contribution in [2.75, 3.05) is 13.6 Å². The highest BCUT2D eigenvalue weighted by molar-refractivity contribution is 14.0. The zero-order valence-corrected chi connectivity index (χ0v) is 21.0. The van der Waals surface area contributed by atoms with Crippen molar-refractivity contribution in [3.8, 4) is 0 Å². The van der Waals surface area contributed by atoms with Crippen molar-refractivity contribution in [2.24, 2.45) is 4.99 Å². The zero-order chi connectivity index (χ0) is 20.5. The zero-order valence-electron chi connectivity index (χ0n) is 17.9. The summed E-state index contributed by atoms with van der Waals surface area (Å²) in [6.45, 7) is 10.2. The van der Waals surface area contributed by atoms with E-state index >= 15 is 0 Å². The standard InChI is InChI=1S/C21H31N5OS.HI/c1-6-15(3)24-20(27)18-10-8-17(9-11-18)12-23-21(22-7-2)26(5)13-19-14-28-16(4)25-19;/h8-11,14-15H,6-7,12-13H2,1-5H3,(H,22,23)(H,24,27);1H. The largest absolute Gasteiger partial charge is 0.357 e. The Morgan fingerprint density at radius 3 is 2.52 bits per heavy atom. The number of carbonyl (C=O) groups is 1. The Kier molecular flexibility index (Phi) is 11.2. The van der Waals surface area contributed by atoms with Crippen molar-refractivity contribution in [2.45, 2.75) is 53.2 Å². The van der Waals surface area contributed by atoms with Gasteiger partial charge in [0.05, 0.1) is 23.8 Å². The number of thiazole rings is 1. The van der Waals surface area contributed by atoms with Crippen molar-refractivity contribution < 1.29 is 4.79 Å². The fraction of sp³-hybridized carbons (Fsp3) is 0.476. The number of hydrogen-bond donors (Lipinski definition) is 2. The van der Waals surface area contributed by atoms with E-state index < -0.39 is 0 Å². The first-order chi connectivity index (χ1) is 13.4. The van der Waals surface area contributed by atoms with Crippen LogP contribution in [-0.2, 0) is 13.1 Å². The van der Waals surface area contributed by atoms with Crippen LogP contribution in [0.3, 0.4) is 0 Å². The molecule has 0 saturated heterocycles. The molecule has 0 aliphatic heterocycles. The van der Waals surface area contributed by atoms with Crippen LogP contribution in [0, 0.1) is 6.92 Å². The summed E-state index contributed by atoms with van der Waals surface area (Å²) in [5.41, 5.74) is 2.79. The van der Waals surface area contributed by atoms with Crippen LogP contribution < -0.4 is 10.6 Å². The van der Waals surface area contributed by atoms with E-state index in [4.69, 9.17) is 4.99 Å². The molecule has 29 heavy (non-hydrogen) atoms. The second-order valence-corrected chi connectivity index (χ2v) is 7.93. The summed E-state index contributed by atoms with van der Waals surface area (Å²) < 4.78 is 0. The minimum atomic E-state index is -0.0315. The van der Waals surface area contributed by atoms with Crippen LogP contribution in [0.1, 0.15) is 53.8 Å². The Labute approximate surface area is 195 Å². The topological polar surface area (TPSA) is 69.6 Å². The second kappa shape index (κ2) is 12.8. The lowest BCUT2D eigenvalue weighted by atomic mass is 10.1. The minimum absolute atomic E-state index is 0. The number of halogens is 1. The molecule has 0 spiro atoms. The summed E-state index contributed by atoms with van der Waals surface area (Å²) in [6.07, 6.45) is 0.916. The fourth-order valence-corrected chi connectivity index (χ4v) is 3.21. The van der Waals surface area contributed by atoms with Crippen LogP contribution in [-0.4, -0.2) is 41.4 Å². The highest BCUT2D eigenvalue weighted by Gasteiger charge is 2.10. The number of aromatic nitrogens is 1. The molecular weight excluding hydrogens is 497 g/mol. The predicted molar refractivity (Wildman–Crippen MR) is 132 cm³/mol. The molecule has 0 saturated carbocycles. The van der Waals surface area contributed by atoms with Crippen LogP contribution in [0.5, 0.6) is 0 Å². The number of guanidine groups is 1. The number of nitrogens with zero attached hydrogens (tertiary/aromatic N) is 3. The molecular formula is C21H32IN5OS. The SMILES string of the molecule is CCNC(=NCc1ccc(C(=O)NC(C)CC)cc1)N(C)Cc1csc(C)n1.I. The molecule has 0 aliphatic carbocycles. The monoisotopic (exact) mass is 529 g/mol. The number of hydrogen-bond acceptors (Lipinski definition) is 4. The smallest absolute Gasteiger partial charge is 0.251 e. The van der Waals surface area contributed by atoms with E-state index in [9.17, 15) is 4.79 Å². The van der Waals surface area contributed by atoms with E-state index in [-0.39, 0.29) is 35.9 Å². The number of aryl methyl sites for hydroxylation is 1. The van der Waals surface area contributed by atoms with E-state index in [0.29, 0.717) is 18.7 Å². The molecule has 1 unspecified atom stereocenters. The molecule has 1 heterocycles. The molecule has 6 nitrogen and oxygen atoms in total. The van der Waals surface area contributed by atoms with Crippen LogP contribution in [0.25, 0.3) is 0 Å². The first-order valence-corrected chi connectivity index (χ1v) is 10.6. The van der Waals surface area contributed by atoms with Gasteiger partial charge in [-0.05, 0) is 44.9 Å². The molecule has 1 atom stereocenters. The van der Waals surface area contributed by atoms with Crippen molar-refractivity contribution >= 4 is 47.2 Å². The lowest BCUT2D eigenvalue weighted by molar-refractivity contribution is 0.0939. The number of nitrogens with one attached hydrogen (secondary N) is 2. The van der Waals surface area contributed by atoms with Crippen LogP contribution in [0.15, 0.2) is 34.6 Å². The van der Waals surface area contributed by atoms with Gasteiger partial charge < -0.3 is 15.5 Å². The van der Waals surface area contributed by atoms with E-state index in [1.807, 2.05) is 45.2 Å². The Hall–Kier alpha value is -1.68. The molecule has 8 heteroatoms. The van der Waals surface area contributed by atoms with Gasteiger partial charge in [-0.3, -0.25) is 4.79 Å². The third kappa shape index (κ3) is 8.30. The maximum atomic E-state index is 12.2. The summed E-state index contributed by atoms with van der Waals surface area (Å²) in [5, 5.41) is 9.46. The number of carbonyl (C=O) groups excluding carboxylic acids is 1. The molecule has 2 N–H and O–H groups in total. The molecule has 0 bridgehead atoms. The van der Waals surface area contributed by atoms with E-state index in [1.54, 1.807) is 11.3 Å². The van der Waals surface area contributed by atoms with Gasteiger partial charge in [0, 0.05) is 30.6 Å². The van der Waals surface area contributed by atoms with Gasteiger partial charge in [-0.25, -0.2) is 9.98 Å². The number of amides is 1. The number of aliphatic imine (C=N–C) groups is 1. The predicted octanol–water partition coefficient (Wildman–Crippen LogP) is 4.20. The van der Waals surface area contributed by atoms with Crippen molar-refractivity contribution in [3.63, 3.8) is 0 Å². The highest BCUT2D eigenvalue weighted by Crippen LogP contribution is 2.11. The van der Waals surface area contributed by atoms with E-state index in [1.165, 1.54) is 0 Å². The van der Waals surface area contributed by atoms with Gasteiger partial charge in [0.25, 0.3) is 5.91 Å². The Morgan fingerprint density at radius 2 is 1.97 bits per heavy atom. The lowest BCUT2D eigenvalue weighted by Gasteiger charge is -2.21. The Morgan fingerprint density at radius 1 is 1.28 bits per heavy atom. The molecule has 160 valence electrons. The van der Waals surface area contributed by atoms with Gasteiger partial charge in [0.1, 0.15) is 0 Å². The normalized spacial score (nSPS) is 12.1. The van der Waals surface area contributed by atoms with Crippen LogP contribution in [0.4, 0.5) is 0 Å².